The Labute approximate surface area is 140 Å². The van der Waals surface area contributed by atoms with Crippen LogP contribution >= 0.6 is 0 Å². The van der Waals surface area contributed by atoms with Gasteiger partial charge in [0.2, 0.25) is 0 Å². The van der Waals surface area contributed by atoms with Crippen LogP contribution < -0.4 is 0 Å². The van der Waals surface area contributed by atoms with Crippen LogP contribution in [-0.2, 0) is 6.42 Å². The van der Waals surface area contributed by atoms with Gasteiger partial charge in [0.15, 0.2) is 0 Å². The molecule has 0 saturated carbocycles. The number of hydrogen-bond donors (Lipinski definition) is 2. The molecule has 23 heavy (non-hydrogen) atoms. The van der Waals surface area contributed by atoms with Gasteiger partial charge in [0.25, 0.3) is 0 Å². The first-order valence-corrected chi connectivity index (χ1v) is 8.80. The van der Waals surface area contributed by atoms with Crippen LogP contribution in [0, 0.1) is 5.92 Å². The molecule has 1 aliphatic rings. The second-order valence-electron chi connectivity index (χ2n) is 7.02. The van der Waals surface area contributed by atoms with E-state index in [0.29, 0.717) is 11.5 Å². The average molecular weight is 314 g/mol. The van der Waals surface area contributed by atoms with Crippen molar-refractivity contribution in [2.24, 2.45) is 5.92 Å². The number of phenolic OH excluding ortho intramolecular Hbond substituents is 2. The first-order chi connectivity index (χ1) is 10.9. The lowest BCUT2D eigenvalue weighted by molar-refractivity contribution is 0.413. The predicted octanol–water partition coefficient (Wildman–Crippen LogP) is 5.85. The van der Waals surface area contributed by atoms with Gasteiger partial charge < -0.3 is 10.2 Å². The second kappa shape index (κ2) is 7.72. The molecule has 0 aromatic heterocycles. The van der Waals surface area contributed by atoms with Crippen molar-refractivity contribution in [3.63, 3.8) is 0 Å². The van der Waals surface area contributed by atoms with Gasteiger partial charge in [-0.25, -0.2) is 0 Å². The largest absolute Gasteiger partial charge is 0.507 e. The van der Waals surface area contributed by atoms with Crippen molar-refractivity contribution in [3.05, 3.63) is 47.1 Å². The molecule has 0 fully saturated rings. The number of aromatic hydroxyl groups is 2. The zero-order valence-electron chi connectivity index (χ0n) is 14.7. The zero-order valence-corrected chi connectivity index (χ0v) is 14.7. The van der Waals surface area contributed by atoms with Crippen LogP contribution in [0.1, 0.15) is 69.9 Å². The molecule has 0 amide bonds. The number of phenols is 2. The number of benzene rings is 1. The summed E-state index contributed by atoms with van der Waals surface area (Å²) >= 11 is 0. The van der Waals surface area contributed by atoms with Gasteiger partial charge in [0.05, 0.1) is 0 Å². The monoisotopic (exact) mass is 314 g/mol. The van der Waals surface area contributed by atoms with E-state index in [9.17, 15) is 10.2 Å². The number of allylic oxidation sites excluding steroid dienone is 3. The van der Waals surface area contributed by atoms with E-state index in [-0.39, 0.29) is 17.4 Å². The quantitative estimate of drug-likeness (QED) is 0.511. The SMILES string of the molecule is C=C(C)[C@@H]1CC=C(C)C(c2c(O)cc(CCCCC)cc2O)C1. The lowest BCUT2D eigenvalue weighted by Crippen LogP contribution is -2.14. The Bertz CT molecular complexity index is 575. The number of aryl methyl sites for hydroxylation is 1. The van der Waals surface area contributed by atoms with Crippen molar-refractivity contribution in [2.75, 3.05) is 0 Å². The van der Waals surface area contributed by atoms with Crippen LogP contribution in [0.15, 0.2) is 35.9 Å². The second-order valence-corrected chi connectivity index (χ2v) is 7.02. The maximum Gasteiger partial charge on any atom is 0.123 e. The van der Waals surface area contributed by atoms with Crippen LogP contribution in [0.3, 0.4) is 0 Å². The summed E-state index contributed by atoms with van der Waals surface area (Å²) in [5.41, 5.74) is 4.11. The average Bonchev–Trinajstić information content (AvgIpc) is 2.48. The minimum Gasteiger partial charge on any atom is -0.507 e. The number of rotatable bonds is 6. The minimum atomic E-state index is 0.0788. The fourth-order valence-electron chi connectivity index (χ4n) is 3.55. The summed E-state index contributed by atoms with van der Waals surface area (Å²) in [4.78, 5) is 0. The lowest BCUT2D eigenvalue weighted by Gasteiger charge is -2.30. The van der Waals surface area contributed by atoms with E-state index in [1.165, 1.54) is 24.0 Å². The molecule has 2 atom stereocenters. The third kappa shape index (κ3) is 4.19. The van der Waals surface area contributed by atoms with Crippen LogP contribution in [0.25, 0.3) is 0 Å². The highest BCUT2D eigenvalue weighted by atomic mass is 16.3. The Morgan fingerprint density at radius 3 is 2.43 bits per heavy atom. The third-order valence-corrected chi connectivity index (χ3v) is 5.10. The third-order valence-electron chi connectivity index (χ3n) is 5.10. The van der Waals surface area contributed by atoms with Gasteiger partial charge in [-0.2, -0.15) is 0 Å². The van der Waals surface area contributed by atoms with Gasteiger partial charge in [-0.3, -0.25) is 0 Å². The molecule has 1 aromatic rings. The number of hydrogen-bond acceptors (Lipinski definition) is 2. The topological polar surface area (TPSA) is 40.5 Å². The molecule has 0 bridgehead atoms. The molecule has 2 heteroatoms. The smallest absolute Gasteiger partial charge is 0.123 e. The van der Waals surface area contributed by atoms with E-state index in [2.05, 4.69) is 33.4 Å². The zero-order chi connectivity index (χ0) is 17.0. The van der Waals surface area contributed by atoms with Gasteiger partial charge in [0, 0.05) is 11.5 Å². The molecule has 0 aliphatic heterocycles. The van der Waals surface area contributed by atoms with Crippen molar-refractivity contribution in [3.8, 4) is 11.5 Å². The minimum absolute atomic E-state index is 0.0788. The maximum atomic E-state index is 10.5. The highest BCUT2D eigenvalue weighted by Crippen LogP contribution is 2.46. The Hall–Kier alpha value is -1.70. The molecular formula is C21H30O2. The Balaban J connectivity index is 2.26. The van der Waals surface area contributed by atoms with Crippen LogP contribution in [0.2, 0.25) is 0 Å². The summed E-state index contributed by atoms with van der Waals surface area (Å²) in [5, 5.41) is 21.0. The summed E-state index contributed by atoms with van der Waals surface area (Å²) in [6.07, 6.45) is 8.49. The molecule has 0 saturated heterocycles. The van der Waals surface area contributed by atoms with Gasteiger partial charge in [0.1, 0.15) is 11.5 Å². The van der Waals surface area contributed by atoms with Crippen LogP contribution in [0.5, 0.6) is 11.5 Å². The highest BCUT2D eigenvalue weighted by molar-refractivity contribution is 5.51. The summed E-state index contributed by atoms with van der Waals surface area (Å²) in [7, 11) is 0. The van der Waals surface area contributed by atoms with E-state index in [1.54, 1.807) is 0 Å². The van der Waals surface area contributed by atoms with Crippen molar-refractivity contribution in [2.45, 2.75) is 65.2 Å². The highest BCUT2D eigenvalue weighted by Gasteiger charge is 2.28. The van der Waals surface area contributed by atoms with Crippen molar-refractivity contribution >= 4 is 0 Å². The molecule has 1 unspecified atom stereocenters. The first-order valence-electron chi connectivity index (χ1n) is 8.80. The summed E-state index contributed by atoms with van der Waals surface area (Å²) < 4.78 is 0. The molecule has 0 heterocycles. The molecular weight excluding hydrogens is 284 g/mol. The molecule has 2 N–H and O–H groups in total. The summed E-state index contributed by atoms with van der Waals surface area (Å²) in [6.45, 7) is 10.4. The Morgan fingerprint density at radius 2 is 1.87 bits per heavy atom. The molecule has 0 radical (unpaired) electrons. The van der Waals surface area contributed by atoms with Crippen LogP contribution in [-0.4, -0.2) is 10.2 Å². The van der Waals surface area contributed by atoms with E-state index in [0.717, 1.165) is 31.2 Å². The van der Waals surface area contributed by atoms with Crippen molar-refractivity contribution < 1.29 is 10.2 Å². The van der Waals surface area contributed by atoms with Crippen molar-refractivity contribution in [1.82, 2.24) is 0 Å². The fourth-order valence-corrected chi connectivity index (χ4v) is 3.55. The Morgan fingerprint density at radius 1 is 1.22 bits per heavy atom. The van der Waals surface area contributed by atoms with Gasteiger partial charge in [-0.15, -0.1) is 0 Å². The lowest BCUT2D eigenvalue weighted by atomic mass is 9.75. The number of unbranched alkanes of at least 4 members (excludes halogenated alkanes) is 2. The summed E-state index contributed by atoms with van der Waals surface area (Å²) in [6, 6.07) is 3.67. The van der Waals surface area contributed by atoms with Gasteiger partial charge >= 0.3 is 0 Å². The molecule has 0 spiro atoms. The van der Waals surface area contributed by atoms with E-state index >= 15 is 0 Å². The van der Waals surface area contributed by atoms with Gasteiger partial charge in [-0.1, -0.05) is 43.6 Å². The molecule has 2 rings (SSSR count). The summed E-state index contributed by atoms with van der Waals surface area (Å²) in [5.74, 6) is 0.968. The van der Waals surface area contributed by atoms with Crippen molar-refractivity contribution in [1.29, 1.82) is 0 Å². The first kappa shape index (κ1) is 17.7. The van der Waals surface area contributed by atoms with Gasteiger partial charge in [-0.05, 0) is 63.1 Å². The molecule has 126 valence electrons. The maximum absolute atomic E-state index is 10.5. The van der Waals surface area contributed by atoms with E-state index < -0.39 is 0 Å². The molecule has 1 aromatic carbocycles. The standard InChI is InChI=1S/C21H30O2/c1-5-6-7-8-16-11-19(22)21(20(23)12-16)18-13-17(14(2)3)10-9-15(18)4/h9,11-12,17-18,22-23H,2,5-8,10,13H2,1,3-4H3/t17-,18?/m1/s1. The van der Waals surface area contributed by atoms with E-state index in [4.69, 9.17) is 0 Å². The Kier molecular flexibility index (Phi) is 5.92. The van der Waals surface area contributed by atoms with E-state index in [1.807, 2.05) is 12.1 Å². The predicted molar refractivity (Wildman–Crippen MR) is 97.0 cm³/mol. The normalized spacial score (nSPS) is 21.1. The van der Waals surface area contributed by atoms with Crippen LogP contribution in [0.4, 0.5) is 0 Å². The molecule has 1 aliphatic carbocycles. The molecule has 2 nitrogen and oxygen atoms in total. The fraction of sp³-hybridized carbons (Fsp3) is 0.524.